The molecule has 0 aliphatic carbocycles. The number of rotatable bonds is 5. The van der Waals surface area contributed by atoms with E-state index in [4.69, 9.17) is 0 Å². The summed E-state index contributed by atoms with van der Waals surface area (Å²) < 4.78 is 0. The number of benzene rings is 2. The Hall–Kier alpha value is -3.19. The lowest BCUT2D eigenvalue weighted by Gasteiger charge is -2.27. The summed E-state index contributed by atoms with van der Waals surface area (Å²) >= 11 is 0. The van der Waals surface area contributed by atoms with E-state index in [9.17, 15) is 19.5 Å². The number of carbonyl (C=O) groups is 3. The van der Waals surface area contributed by atoms with E-state index in [1.807, 2.05) is 73.6 Å². The number of amides is 2. The van der Waals surface area contributed by atoms with Crippen molar-refractivity contribution in [2.24, 2.45) is 11.8 Å². The third kappa shape index (κ3) is 3.06. The predicted octanol–water partition coefficient (Wildman–Crippen LogP) is 2.04. The van der Waals surface area contributed by atoms with Gasteiger partial charge in [-0.15, -0.1) is 0 Å². The number of carbonyl (C=O) groups excluding carboxylic acids is 2. The highest BCUT2D eigenvalue weighted by Gasteiger charge is 2.66. The van der Waals surface area contributed by atoms with Crippen LogP contribution in [0.1, 0.15) is 24.1 Å². The second kappa shape index (κ2) is 7.25. The topological polar surface area (TPSA) is 90.0 Å². The van der Waals surface area contributed by atoms with Gasteiger partial charge in [-0.1, -0.05) is 42.5 Å². The van der Waals surface area contributed by atoms with Crippen molar-refractivity contribution < 1.29 is 19.5 Å². The van der Waals surface area contributed by atoms with Crippen LogP contribution in [0.3, 0.4) is 0 Å². The Morgan fingerprint density at radius 1 is 1.07 bits per heavy atom. The Labute approximate surface area is 175 Å². The number of hydrogen-bond acceptors (Lipinski definition) is 5. The standard InChI is InChI=1S/C23H25N3O4/c1-23(22(29)30)18-17(19(24-23)15-9-11-16(12-10-15)25(2)3)20(27)26(21(18)28)13-14-7-5-4-6-8-14/h4-12,17-19,24H,13H2,1-3H3,(H,29,30). The number of aliphatic carboxylic acids is 1. The summed E-state index contributed by atoms with van der Waals surface area (Å²) in [6.45, 7) is 1.64. The second-order valence-corrected chi connectivity index (χ2v) is 8.37. The maximum atomic E-state index is 13.3. The molecule has 0 aromatic heterocycles. The first kappa shape index (κ1) is 20.1. The molecule has 2 saturated heterocycles. The SMILES string of the molecule is CN(C)c1ccc(C2NC(C)(C(=O)O)C3C(=O)N(Cc4ccccc4)C(=O)C23)cc1. The minimum atomic E-state index is -1.52. The molecule has 2 aromatic carbocycles. The molecule has 156 valence electrons. The zero-order chi connectivity index (χ0) is 21.6. The first-order valence-electron chi connectivity index (χ1n) is 9.91. The summed E-state index contributed by atoms with van der Waals surface area (Å²) in [5, 5.41) is 13.0. The smallest absolute Gasteiger partial charge is 0.324 e. The highest BCUT2D eigenvalue weighted by Crippen LogP contribution is 2.49. The normalized spacial score (nSPS) is 28.0. The number of carboxylic acid groups (broad SMARTS) is 1. The monoisotopic (exact) mass is 407 g/mol. The molecule has 2 amide bonds. The van der Waals surface area contributed by atoms with Crippen LogP contribution >= 0.6 is 0 Å². The summed E-state index contributed by atoms with van der Waals surface area (Å²) in [5.74, 6) is -3.60. The zero-order valence-corrected chi connectivity index (χ0v) is 17.2. The maximum absolute atomic E-state index is 13.3. The Balaban J connectivity index is 1.71. The van der Waals surface area contributed by atoms with Gasteiger partial charge in [-0.3, -0.25) is 24.6 Å². The molecule has 0 spiro atoms. The summed E-state index contributed by atoms with van der Waals surface area (Å²) in [4.78, 5) is 41.9. The summed E-state index contributed by atoms with van der Waals surface area (Å²) in [6, 6.07) is 16.3. The van der Waals surface area contributed by atoms with Crippen molar-refractivity contribution in [3.8, 4) is 0 Å². The fourth-order valence-corrected chi connectivity index (χ4v) is 4.58. The molecular weight excluding hydrogens is 382 g/mol. The van der Waals surface area contributed by atoms with Crippen LogP contribution in [-0.4, -0.2) is 47.4 Å². The highest BCUT2D eigenvalue weighted by molar-refractivity contribution is 6.09. The lowest BCUT2D eigenvalue weighted by atomic mass is 9.80. The van der Waals surface area contributed by atoms with Gasteiger partial charge in [0.05, 0.1) is 18.4 Å². The number of carboxylic acids is 1. The van der Waals surface area contributed by atoms with Crippen LogP contribution in [-0.2, 0) is 20.9 Å². The Morgan fingerprint density at radius 3 is 2.27 bits per heavy atom. The first-order chi connectivity index (χ1) is 14.2. The largest absolute Gasteiger partial charge is 0.480 e. The van der Waals surface area contributed by atoms with Crippen molar-refractivity contribution in [3.63, 3.8) is 0 Å². The number of likely N-dealkylation sites (tertiary alicyclic amines) is 1. The van der Waals surface area contributed by atoms with Crippen LogP contribution in [0, 0.1) is 11.8 Å². The lowest BCUT2D eigenvalue weighted by molar-refractivity contribution is -0.150. The molecule has 4 rings (SSSR count). The molecule has 0 bridgehead atoms. The van der Waals surface area contributed by atoms with Crippen LogP contribution in [0.4, 0.5) is 5.69 Å². The molecule has 2 N–H and O–H groups in total. The molecule has 2 aliphatic heterocycles. The van der Waals surface area contributed by atoms with Crippen LogP contribution in [0.2, 0.25) is 0 Å². The van der Waals surface area contributed by atoms with E-state index >= 15 is 0 Å². The minimum Gasteiger partial charge on any atom is -0.480 e. The number of nitrogens with one attached hydrogen (secondary N) is 1. The van der Waals surface area contributed by atoms with Gasteiger partial charge < -0.3 is 10.0 Å². The van der Waals surface area contributed by atoms with Crippen molar-refractivity contribution in [1.82, 2.24) is 10.2 Å². The number of hydrogen-bond donors (Lipinski definition) is 2. The molecule has 4 atom stereocenters. The van der Waals surface area contributed by atoms with Gasteiger partial charge >= 0.3 is 5.97 Å². The molecule has 30 heavy (non-hydrogen) atoms. The molecule has 0 radical (unpaired) electrons. The zero-order valence-electron chi connectivity index (χ0n) is 17.2. The molecule has 2 fully saturated rings. The van der Waals surface area contributed by atoms with Crippen LogP contribution in [0.25, 0.3) is 0 Å². The third-order valence-corrected chi connectivity index (χ3v) is 6.28. The predicted molar refractivity (Wildman–Crippen MR) is 112 cm³/mol. The Bertz CT molecular complexity index is 989. The van der Waals surface area contributed by atoms with Gasteiger partial charge in [0.1, 0.15) is 5.54 Å². The van der Waals surface area contributed by atoms with Gasteiger partial charge in [-0.25, -0.2) is 0 Å². The van der Waals surface area contributed by atoms with E-state index in [0.29, 0.717) is 0 Å². The molecule has 7 nitrogen and oxygen atoms in total. The van der Waals surface area contributed by atoms with Crippen molar-refractivity contribution >= 4 is 23.5 Å². The summed E-state index contributed by atoms with van der Waals surface area (Å²) in [6.07, 6.45) is 0. The van der Waals surface area contributed by atoms with Crippen molar-refractivity contribution in [3.05, 3.63) is 65.7 Å². The van der Waals surface area contributed by atoms with Gasteiger partial charge in [-0.05, 0) is 30.2 Å². The van der Waals surface area contributed by atoms with Crippen LogP contribution < -0.4 is 10.2 Å². The van der Waals surface area contributed by atoms with Crippen molar-refractivity contribution in [2.75, 3.05) is 19.0 Å². The van der Waals surface area contributed by atoms with Gasteiger partial charge in [0.15, 0.2) is 0 Å². The molecule has 4 unspecified atom stereocenters. The molecular formula is C23H25N3O4. The minimum absolute atomic E-state index is 0.146. The fourth-order valence-electron chi connectivity index (χ4n) is 4.58. The molecule has 2 heterocycles. The van der Waals surface area contributed by atoms with E-state index in [-0.39, 0.29) is 12.5 Å². The third-order valence-electron chi connectivity index (χ3n) is 6.28. The van der Waals surface area contributed by atoms with Crippen molar-refractivity contribution in [2.45, 2.75) is 25.0 Å². The van der Waals surface area contributed by atoms with Crippen LogP contribution in [0.15, 0.2) is 54.6 Å². The Morgan fingerprint density at radius 2 is 1.70 bits per heavy atom. The van der Waals surface area contributed by atoms with Gasteiger partial charge in [-0.2, -0.15) is 0 Å². The fraction of sp³-hybridized carbons (Fsp3) is 0.348. The average Bonchev–Trinajstić information content (AvgIpc) is 3.18. The van der Waals surface area contributed by atoms with E-state index in [2.05, 4.69) is 5.32 Å². The molecule has 0 saturated carbocycles. The maximum Gasteiger partial charge on any atom is 0.324 e. The summed E-state index contributed by atoms with van der Waals surface area (Å²) in [5.41, 5.74) is 1.10. The highest BCUT2D eigenvalue weighted by atomic mass is 16.4. The van der Waals surface area contributed by atoms with Gasteiger partial charge in [0.2, 0.25) is 11.8 Å². The lowest BCUT2D eigenvalue weighted by Crippen LogP contribution is -2.53. The van der Waals surface area contributed by atoms with E-state index < -0.39 is 35.3 Å². The quantitative estimate of drug-likeness (QED) is 0.738. The molecule has 2 aliphatic rings. The first-order valence-corrected chi connectivity index (χ1v) is 9.91. The van der Waals surface area contributed by atoms with Gasteiger partial charge in [0, 0.05) is 25.8 Å². The summed E-state index contributed by atoms with van der Waals surface area (Å²) in [7, 11) is 3.86. The van der Waals surface area contributed by atoms with E-state index in [0.717, 1.165) is 16.8 Å². The average molecular weight is 407 g/mol. The Kier molecular flexibility index (Phi) is 4.86. The van der Waals surface area contributed by atoms with Crippen LogP contribution in [0.5, 0.6) is 0 Å². The molecule has 7 heteroatoms. The second-order valence-electron chi connectivity index (χ2n) is 8.37. The van der Waals surface area contributed by atoms with E-state index in [1.165, 1.54) is 11.8 Å². The molecule has 2 aromatic rings. The van der Waals surface area contributed by atoms with E-state index in [1.54, 1.807) is 0 Å². The van der Waals surface area contributed by atoms with Crippen molar-refractivity contribution in [1.29, 1.82) is 0 Å². The number of fused-ring (bicyclic) bond motifs is 1. The number of anilines is 1. The number of nitrogens with zero attached hydrogens (tertiary/aromatic N) is 2. The number of imide groups is 1. The van der Waals surface area contributed by atoms with Gasteiger partial charge in [0.25, 0.3) is 0 Å².